The van der Waals surface area contributed by atoms with Crippen LogP contribution in [-0.2, 0) is 11.3 Å². The number of nitrogens with one attached hydrogen (secondary N) is 1. The number of benzene rings is 1. The second kappa shape index (κ2) is 4.71. The van der Waals surface area contributed by atoms with E-state index < -0.39 is 10.0 Å². The van der Waals surface area contributed by atoms with Crippen LogP contribution in [-0.4, -0.2) is 24.7 Å². The first kappa shape index (κ1) is 12.1. The molecule has 0 radical (unpaired) electrons. The Morgan fingerprint density at radius 2 is 2.00 bits per heavy atom. The molecule has 0 heterocycles. The molecule has 0 aliphatic carbocycles. The van der Waals surface area contributed by atoms with Crippen LogP contribution in [0.4, 0.5) is 0 Å². The summed E-state index contributed by atoms with van der Waals surface area (Å²) in [6, 6.07) is 8.45. The smallest absolute Gasteiger partial charge is 0.217 e. The average Bonchev–Trinajstić information content (AvgIpc) is 2.14. The van der Waals surface area contributed by atoms with Crippen molar-refractivity contribution in [3.05, 3.63) is 29.8 Å². The highest BCUT2D eigenvalue weighted by atomic mass is 32.3. The predicted molar refractivity (Wildman–Crippen MR) is 67.6 cm³/mol. The Bertz CT molecular complexity index is 355. The van der Waals surface area contributed by atoms with Crippen molar-refractivity contribution in [1.29, 1.82) is 0 Å². The second-order valence-corrected chi connectivity index (χ2v) is 8.54. The summed E-state index contributed by atoms with van der Waals surface area (Å²) in [6.07, 6.45) is 6.81. The summed E-state index contributed by atoms with van der Waals surface area (Å²) in [5.74, 6) is 0.0171. The first-order valence-electron chi connectivity index (χ1n) is 4.91. The highest BCUT2D eigenvalue weighted by Gasteiger charge is 2.07. The molecule has 0 atom stereocenters. The van der Waals surface area contributed by atoms with Crippen LogP contribution < -0.4 is 5.32 Å². The van der Waals surface area contributed by atoms with Gasteiger partial charge in [0.2, 0.25) is 5.91 Å². The van der Waals surface area contributed by atoms with E-state index in [-0.39, 0.29) is 5.91 Å². The number of carbonyl (C=O) groups is 1. The van der Waals surface area contributed by atoms with E-state index in [1.54, 1.807) is 6.92 Å². The minimum atomic E-state index is -0.677. The zero-order valence-corrected chi connectivity index (χ0v) is 10.6. The highest BCUT2D eigenvalue weighted by Crippen LogP contribution is 2.45. The van der Waals surface area contributed by atoms with Gasteiger partial charge in [-0.1, -0.05) is 18.2 Å². The lowest BCUT2D eigenvalue weighted by atomic mass is 10.2. The summed E-state index contributed by atoms with van der Waals surface area (Å²) in [7, 11) is -0.677. The van der Waals surface area contributed by atoms with Crippen molar-refractivity contribution in [3.8, 4) is 0 Å². The van der Waals surface area contributed by atoms with Gasteiger partial charge in [0.25, 0.3) is 0 Å². The maximum Gasteiger partial charge on any atom is 0.217 e. The first-order valence-corrected chi connectivity index (χ1v) is 7.77. The van der Waals surface area contributed by atoms with Gasteiger partial charge in [0, 0.05) is 13.5 Å². The fraction of sp³-hybridized carbons (Fsp3) is 0.417. The molecule has 0 fully saturated rings. The van der Waals surface area contributed by atoms with Gasteiger partial charge >= 0.3 is 0 Å². The molecule has 0 unspecified atom stereocenters. The third kappa shape index (κ3) is 3.96. The molecule has 0 bridgehead atoms. The van der Waals surface area contributed by atoms with Gasteiger partial charge in [0.1, 0.15) is 0 Å². The number of amides is 1. The van der Waals surface area contributed by atoms with Crippen molar-refractivity contribution in [2.75, 3.05) is 18.8 Å². The number of hydrogen-bond donors (Lipinski definition) is 1. The van der Waals surface area contributed by atoms with E-state index in [1.165, 1.54) is 10.5 Å². The van der Waals surface area contributed by atoms with E-state index in [9.17, 15) is 4.79 Å². The van der Waals surface area contributed by atoms with E-state index in [2.05, 4.69) is 42.3 Å². The molecule has 1 N–H and O–H groups in total. The Labute approximate surface area is 93.4 Å². The molecule has 84 valence electrons. The van der Waals surface area contributed by atoms with Crippen molar-refractivity contribution in [1.82, 2.24) is 5.32 Å². The standard InChI is InChI=1S/C12H19NOS/c1-10(14)13-9-11-6-5-7-12(8-11)15(2,3)4/h5-8H,9H2,1-4H3,(H,13,14). The predicted octanol–water partition coefficient (Wildman–Crippen LogP) is 2.38. The molecular formula is C12H19NOS. The van der Waals surface area contributed by atoms with E-state index in [4.69, 9.17) is 0 Å². The lowest BCUT2D eigenvalue weighted by Crippen LogP contribution is -2.18. The maximum atomic E-state index is 10.8. The van der Waals surface area contributed by atoms with Gasteiger partial charge in [-0.15, -0.1) is 0 Å². The molecular weight excluding hydrogens is 206 g/mol. The Balaban J connectivity index is 2.79. The zero-order valence-electron chi connectivity index (χ0n) is 9.83. The van der Waals surface area contributed by atoms with Crippen LogP contribution >= 0.6 is 10.0 Å². The highest BCUT2D eigenvalue weighted by molar-refractivity contribution is 8.32. The number of carbonyl (C=O) groups excluding carboxylic acids is 1. The Kier molecular flexibility index (Phi) is 3.80. The quantitative estimate of drug-likeness (QED) is 0.840. The average molecular weight is 225 g/mol. The van der Waals surface area contributed by atoms with Crippen molar-refractivity contribution < 1.29 is 4.79 Å². The van der Waals surface area contributed by atoms with E-state index in [0.717, 1.165) is 0 Å². The largest absolute Gasteiger partial charge is 0.352 e. The van der Waals surface area contributed by atoms with Gasteiger partial charge in [0.15, 0.2) is 0 Å². The second-order valence-electron chi connectivity index (χ2n) is 4.39. The molecule has 0 aromatic heterocycles. The minimum absolute atomic E-state index is 0.0171. The zero-order chi connectivity index (χ0) is 11.5. The van der Waals surface area contributed by atoms with Gasteiger partial charge in [-0.25, -0.2) is 10.0 Å². The Morgan fingerprint density at radius 1 is 1.33 bits per heavy atom. The molecule has 0 saturated carbocycles. The van der Waals surface area contributed by atoms with Crippen LogP contribution in [0.5, 0.6) is 0 Å². The van der Waals surface area contributed by atoms with Crippen LogP contribution in [0.3, 0.4) is 0 Å². The van der Waals surface area contributed by atoms with Gasteiger partial charge in [-0.2, -0.15) is 0 Å². The Morgan fingerprint density at radius 3 is 2.53 bits per heavy atom. The lowest BCUT2D eigenvalue weighted by molar-refractivity contribution is -0.119. The van der Waals surface area contributed by atoms with Crippen molar-refractivity contribution in [2.45, 2.75) is 18.4 Å². The molecule has 0 saturated heterocycles. The van der Waals surface area contributed by atoms with Crippen molar-refractivity contribution >= 4 is 15.9 Å². The van der Waals surface area contributed by atoms with Gasteiger partial charge < -0.3 is 5.32 Å². The van der Waals surface area contributed by atoms with E-state index in [0.29, 0.717) is 6.54 Å². The molecule has 1 rings (SSSR count). The van der Waals surface area contributed by atoms with Gasteiger partial charge in [0.05, 0.1) is 0 Å². The van der Waals surface area contributed by atoms with Crippen LogP contribution in [0.1, 0.15) is 12.5 Å². The normalized spacial score (nSPS) is 12.3. The fourth-order valence-corrected chi connectivity index (χ4v) is 2.25. The molecule has 0 aliphatic heterocycles. The summed E-state index contributed by atoms with van der Waals surface area (Å²) in [5, 5.41) is 2.81. The van der Waals surface area contributed by atoms with Gasteiger partial charge in [-0.05, 0) is 35.3 Å². The topological polar surface area (TPSA) is 29.1 Å². The molecule has 2 nitrogen and oxygen atoms in total. The summed E-state index contributed by atoms with van der Waals surface area (Å²) >= 11 is 0. The molecule has 15 heavy (non-hydrogen) atoms. The minimum Gasteiger partial charge on any atom is -0.352 e. The van der Waals surface area contributed by atoms with Crippen LogP contribution in [0.2, 0.25) is 0 Å². The fourth-order valence-electron chi connectivity index (χ4n) is 1.26. The summed E-state index contributed by atoms with van der Waals surface area (Å²) in [5.41, 5.74) is 1.17. The summed E-state index contributed by atoms with van der Waals surface area (Å²) in [4.78, 5) is 12.2. The molecule has 1 aromatic rings. The first-order chi connectivity index (χ1) is 6.89. The summed E-state index contributed by atoms with van der Waals surface area (Å²) in [6.45, 7) is 2.16. The summed E-state index contributed by atoms with van der Waals surface area (Å²) < 4.78 is 0. The van der Waals surface area contributed by atoms with Crippen LogP contribution in [0, 0.1) is 0 Å². The van der Waals surface area contributed by atoms with Crippen LogP contribution in [0.15, 0.2) is 29.2 Å². The molecule has 1 amide bonds. The van der Waals surface area contributed by atoms with E-state index >= 15 is 0 Å². The molecule has 0 spiro atoms. The lowest BCUT2D eigenvalue weighted by Gasteiger charge is -2.26. The molecule has 1 aromatic carbocycles. The van der Waals surface area contributed by atoms with Crippen LogP contribution in [0.25, 0.3) is 0 Å². The third-order valence-electron chi connectivity index (χ3n) is 2.15. The maximum absolute atomic E-state index is 10.8. The third-order valence-corrected chi connectivity index (χ3v) is 3.82. The van der Waals surface area contributed by atoms with Gasteiger partial charge in [-0.3, -0.25) is 4.79 Å². The monoisotopic (exact) mass is 225 g/mol. The van der Waals surface area contributed by atoms with Crippen molar-refractivity contribution in [3.63, 3.8) is 0 Å². The Hall–Kier alpha value is -0.960. The SMILES string of the molecule is CC(=O)NCc1cccc(S(C)(C)C)c1. The van der Waals surface area contributed by atoms with Crippen molar-refractivity contribution in [2.24, 2.45) is 0 Å². The molecule has 0 aliphatic rings. The van der Waals surface area contributed by atoms with E-state index in [1.807, 2.05) is 6.07 Å². The molecule has 3 heteroatoms. The number of rotatable bonds is 3. The number of hydrogen-bond acceptors (Lipinski definition) is 1.